The van der Waals surface area contributed by atoms with Crippen molar-refractivity contribution in [1.29, 1.82) is 0 Å². The van der Waals surface area contributed by atoms with Gasteiger partial charge >= 0.3 is 0 Å². The van der Waals surface area contributed by atoms with E-state index in [0.717, 1.165) is 12.2 Å². The molecule has 0 atom stereocenters. The standard InChI is InChI=1S/C18H10Cl4N2O4S2/c19-11-1-5-13(6-2-11)29(25,26)23-17-9-16(22)18(10-15(17)21)24-30(27,28)14-7-3-12(20)4-8-14/h1-10H/b23-17+,24-18+. The van der Waals surface area contributed by atoms with Crippen LogP contribution in [0.2, 0.25) is 10.0 Å². The van der Waals surface area contributed by atoms with Crippen molar-refractivity contribution < 1.29 is 16.8 Å². The molecule has 0 amide bonds. The van der Waals surface area contributed by atoms with Crippen molar-refractivity contribution in [3.05, 3.63) is 80.8 Å². The first kappa shape index (κ1) is 23.0. The van der Waals surface area contributed by atoms with E-state index in [1.54, 1.807) is 0 Å². The number of hydrogen-bond donors (Lipinski definition) is 0. The second kappa shape index (κ2) is 8.82. The number of nitrogens with zero attached hydrogens (tertiary/aromatic N) is 2. The Morgan fingerprint density at radius 2 is 0.833 bits per heavy atom. The molecular weight excluding hydrogens is 514 g/mol. The van der Waals surface area contributed by atoms with E-state index >= 15 is 0 Å². The molecule has 0 saturated carbocycles. The molecule has 0 saturated heterocycles. The van der Waals surface area contributed by atoms with Crippen LogP contribution in [0, 0.1) is 0 Å². The molecule has 1 aliphatic rings. The van der Waals surface area contributed by atoms with Crippen molar-refractivity contribution in [2.45, 2.75) is 9.79 Å². The third-order valence-corrected chi connectivity index (χ3v) is 7.40. The van der Waals surface area contributed by atoms with Crippen LogP contribution in [0.25, 0.3) is 0 Å². The van der Waals surface area contributed by atoms with E-state index in [2.05, 4.69) is 8.80 Å². The highest BCUT2D eigenvalue weighted by Gasteiger charge is 2.22. The molecule has 12 heteroatoms. The van der Waals surface area contributed by atoms with Gasteiger partial charge < -0.3 is 0 Å². The molecule has 0 aliphatic heterocycles. The summed E-state index contributed by atoms with van der Waals surface area (Å²) in [6.07, 6.45) is 2.24. The van der Waals surface area contributed by atoms with Gasteiger partial charge in [-0.3, -0.25) is 0 Å². The van der Waals surface area contributed by atoms with E-state index in [-0.39, 0.29) is 31.3 Å². The number of rotatable bonds is 4. The first-order chi connectivity index (χ1) is 14.0. The molecule has 1 aliphatic carbocycles. The van der Waals surface area contributed by atoms with Crippen LogP contribution in [-0.2, 0) is 20.0 Å². The fraction of sp³-hybridized carbons (Fsp3) is 0. The number of allylic oxidation sites excluding steroid dienone is 4. The predicted molar refractivity (Wildman–Crippen MR) is 120 cm³/mol. The number of hydrogen-bond acceptors (Lipinski definition) is 4. The molecule has 0 aromatic heterocycles. The molecule has 30 heavy (non-hydrogen) atoms. The zero-order valence-electron chi connectivity index (χ0n) is 14.6. The summed E-state index contributed by atoms with van der Waals surface area (Å²) in [5, 5.41) is 0.426. The van der Waals surface area contributed by atoms with Crippen molar-refractivity contribution >= 4 is 77.9 Å². The fourth-order valence-electron chi connectivity index (χ4n) is 2.24. The molecule has 3 rings (SSSR count). The van der Waals surface area contributed by atoms with Crippen LogP contribution in [-0.4, -0.2) is 28.3 Å². The Balaban J connectivity index is 1.97. The average molecular weight is 524 g/mol. The van der Waals surface area contributed by atoms with Gasteiger partial charge in [0.2, 0.25) is 0 Å². The van der Waals surface area contributed by atoms with E-state index in [0.29, 0.717) is 10.0 Å². The van der Waals surface area contributed by atoms with Crippen LogP contribution in [0.1, 0.15) is 0 Å². The molecule has 0 heterocycles. The van der Waals surface area contributed by atoms with E-state index in [4.69, 9.17) is 46.4 Å². The zero-order valence-corrected chi connectivity index (χ0v) is 19.3. The topological polar surface area (TPSA) is 93.0 Å². The average Bonchev–Trinajstić information content (AvgIpc) is 2.66. The van der Waals surface area contributed by atoms with Crippen LogP contribution < -0.4 is 0 Å². The second-order valence-electron chi connectivity index (χ2n) is 5.80. The lowest BCUT2D eigenvalue weighted by Gasteiger charge is -2.10. The zero-order chi connectivity index (χ0) is 22.1. The Bertz CT molecular complexity index is 1220. The summed E-state index contributed by atoms with van der Waals surface area (Å²) in [6.45, 7) is 0. The van der Waals surface area contributed by atoms with Crippen LogP contribution in [0.15, 0.2) is 89.3 Å². The maximum atomic E-state index is 12.5. The van der Waals surface area contributed by atoms with E-state index in [1.165, 1.54) is 48.5 Å². The van der Waals surface area contributed by atoms with Gasteiger partial charge in [0.1, 0.15) is 0 Å². The highest BCUT2D eigenvalue weighted by Crippen LogP contribution is 2.25. The number of sulfonamides is 2. The summed E-state index contributed by atoms with van der Waals surface area (Å²) in [6, 6.07) is 10.8. The molecule has 0 bridgehead atoms. The Morgan fingerprint density at radius 3 is 1.13 bits per heavy atom. The van der Waals surface area contributed by atoms with E-state index in [9.17, 15) is 16.8 Å². The van der Waals surface area contributed by atoms with E-state index < -0.39 is 20.0 Å². The van der Waals surface area contributed by atoms with Crippen LogP contribution in [0.4, 0.5) is 0 Å². The van der Waals surface area contributed by atoms with Crippen molar-refractivity contribution in [3.8, 4) is 0 Å². The molecule has 0 N–H and O–H groups in total. The van der Waals surface area contributed by atoms with Crippen molar-refractivity contribution in [1.82, 2.24) is 0 Å². The van der Waals surface area contributed by atoms with Gasteiger partial charge in [-0.15, -0.1) is 0 Å². The Labute approximate surface area is 193 Å². The molecule has 0 unspecified atom stereocenters. The lowest BCUT2D eigenvalue weighted by atomic mass is 10.1. The largest absolute Gasteiger partial charge is 0.282 e. The minimum Gasteiger partial charge on any atom is -0.199 e. The minimum absolute atomic E-state index is 0.0989. The number of halogens is 4. The molecule has 0 radical (unpaired) electrons. The summed E-state index contributed by atoms with van der Waals surface area (Å²) in [5.41, 5.74) is -0.334. The molecule has 156 valence electrons. The molecule has 0 spiro atoms. The SMILES string of the molecule is O=S(=O)(/N=C1C=C(Cl)/C(=N/S(=O)(=O)c2ccc(Cl)cc2)C=C\1Cl)c1ccc(Cl)cc1. The second-order valence-corrected chi connectivity index (χ2v) is 10.7. The summed E-state index contributed by atoms with van der Waals surface area (Å²) in [4.78, 5) is -0.198. The van der Waals surface area contributed by atoms with Crippen LogP contribution in [0.5, 0.6) is 0 Å². The summed E-state index contributed by atoms with van der Waals surface area (Å²) in [5.74, 6) is 0. The summed E-state index contributed by atoms with van der Waals surface area (Å²) in [7, 11) is -8.20. The van der Waals surface area contributed by atoms with Gasteiger partial charge in [0, 0.05) is 10.0 Å². The molecular formula is C18H10Cl4N2O4S2. The lowest BCUT2D eigenvalue weighted by Crippen LogP contribution is -2.12. The Kier molecular flexibility index (Phi) is 6.76. The highest BCUT2D eigenvalue weighted by atomic mass is 35.5. The number of benzene rings is 2. The van der Waals surface area contributed by atoms with Gasteiger partial charge in [-0.2, -0.15) is 25.6 Å². The Hall–Kier alpha value is -1.68. The van der Waals surface area contributed by atoms with Gasteiger partial charge in [-0.05, 0) is 60.7 Å². The smallest absolute Gasteiger partial charge is 0.199 e. The van der Waals surface area contributed by atoms with E-state index in [1.807, 2.05) is 0 Å². The van der Waals surface area contributed by atoms with Gasteiger partial charge in [-0.25, -0.2) is 0 Å². The lowest BCUT2D eigenvalue weighted by molar-refractivity contribution is 0.596. The maximum Gasteiger partial charge on any atom is 0.282 e. The normalized spacial score (nSPS) is 17.7. The van der Waals surface area contributed by atoms with Gasteiger partial charge in [0.05, 0.1) is 31.3 Å². The van der Waals surface area contributed by atoms with Crippen LogP contribution >= 0.6 is 46.4 Å². The van der Waals surface area contributed by atoms with Crippen LogP contribution in [0.3, 0.4) is 0 Å². The van der Waals surface area contributed by atoms with Gasteiger partial charge in [0.25, 0.3) is 20.0 Å². The third kappa shape index (κ3) is 5.32. The first-order valence-corrected chi connectivity index (χ1v) is 12.3. The van der Waals surface area contributed by atoms with Crippen molar-refractivity contribution in [2.24, 2.45) is 8.80 Å². The first-order valence-electron chi connectivity index (χ1n) is 7.94. The fourth-order valence-corrected chi connectivity index (χ4v) is 4.99. The van der Waals surface area contributed by atoms with Gasteiger partial charge in [0.15, 0.2) is 0 Å². The summed E-state index contributed by atoms with van der Waals surface area (Å²) >= 11 is 23.7. The maximum absolute atomic E-state index is 12.5. The molecule has 0 fully saturated rings. The van der Waals surface area contributed by atoms with Crippen molar-refractivity contribution in [3.63, 3.8) is 0 Å². The predicted octanol–water partition coefficient (Wildman–Crippen LogP) is 5.21. The highest BCUT2D eigenvalue weighted by molar-refractivity contribution is 7.90. The molecule has 6 nitrogen and oxygen atoms in total. The molecule has 2 aromatic rings. The summed E-state index contributed by atoms with van der Waals surface area (Å²) < 4.78 is 57.2. The van der Waals surface area contributed by atoms with Gasteiger partial charge in [-0.1, -0.05) is 46.4 Å². The quantitative estimate of drug-likeness (QED) is 0.514. The third-order valence-electron chi connectivity index (χ3n) is 3.68. The minimum atomic E-state index is -4.10. The Morgan fingerprint density at radius 1 is 0.533 bits per heavy atom. The van der Waals surface area contributed by atoms with Crippen molar-refractivity contribution in [2.75, 3.05) is 0 Å². The monoisotopic (exact) mass is 522 g/mol. The molecule has 2 aromatic carbocycles.